The largest absolute Gasteiger partial charge is 0.475 e. The molecule has 0 saturated carbocycles. The Hall–Kier alpha value is -1.61. The minimum atomic E-state index is 0.105. The van der Waals surface area contributed by atoms with Gasteiger partial charge in [-0.05, 0) is 33.6 Å². The zero-order valence-electron chi connectivity index (χ0n) is 9.71. The van der Waals surface area contributed by atoms with Crippen LogP contribution in [0.1, 0.15) is 17.2 Å². The minimum absolute atomic E-state index is 0.105. The Bertz CT molecular complexity index is 580. The van der Waals surface area contributed by atoms with E-state index >= 15 is 0 Å². The summed E-state index contributed by atoms with van der Waals surface area (Å²) in [6.45, 7) is 0.612. The summed E-state index contributed by atoms with van der Waals surface area (Å²) in [4.78, 5) is 4.65. The standard InChI is InChI=1S/C15H12BrNO/c16-13-9-5-4-8-12(13)15-17-14(10-18-15)11-6-2-1-3-7-11/h1-9,14H,10H2/t14-/m1/s1. The van der Waals surface area contributed by atoms with Crippen molar-refractivity contribution in [3.8, 4) is 0 Å². The molecule has 3 heteroatoms. The summed E-state index contributed by atoms with van der Waals surface area (Å²) in [6, 6.07) is 18.3. The number of aliphatic imine (C=N–C) groups is 1. The molecule has 18 heavy (non-hydrogen) atoms. The van der Waals surface area contributed by atoms with E-state index in [1.54, 1.807) is 0 Å². The van der Waals surface area contributed by atoms with E-state index in [4.69, 9.17) is 4.74 Å². The Morgan fingerprint density at radius 3 is 2.50 bits per heavy atom. The highest BCUT2D eigenvalue weighted by atomic mass is 79.9. The summed E-state index contributed by atoms with van der Waals surface area (Å²) >= 11 is 3.52. The Balaban J connectivity index is 1.91. The number of benzene rings is 2. The van der Waals surface area contributed by atoms with Gasteiger partial charge in [0.15, 0.2) is 0 Å². The lowest BCUT2D eigenvalue weighted by Crippen LogP contribution is -2.01. The number of hydrogen-bond acceptors (Lipinski definition) is 2. The van der Waals surface area contributed by atoms with Gasteiger partial charge in [0.2, 0.25) is 5.90 Å². The predicted octanol–water partition coefficient (Wildman–Crippen LogP) is 3.97. The number of hydrogen-bond donors (Lipinski definition) is 0. The van der Waals surface area contributed by atoms with E-state index in [1.807, 2.05) is 42.5 Å². The highest BCUT2D eigenvalue weighted by molar-refractivity contribution is 9.10. The van der Waals surface area contributed by atoms with E-state index in [9.17, 15) is 0 Å². The first-order chi connectivity index (χ1) is 8.84. The number of rotatable bonds is 2. The van der Waals surface area contributed by atoms with Crippen LogP contribution in [-0.4, -0.2) is 12.5 Å². The first-order valence-corrected chi connectivity index (χ1v) is 6.64. The molecule has 1 atom stereocenters. The van der Waals surface area contributed by atoms with Gasteiger partial charge in [0.1, 0.15) is 12.6 Å². The molecule has 2 nitrogen and oxygen atoms in total. The summed E-state index contributed by atoms with van der Waals surface area (Å²) in [5.41, 5.74) is 2.20. The summed E-state index contributed by atoms with van der Waals surface area (Å²) < 4.78 is 6.72. The molecule has 0 spiro atoms. The van der Waals surface area contributed by atoms with Crippen LogP contribution in [0.4, 0.5) is 0 Å². The van der Waals surface area contributed by atoms with Crippen LogP contribution >= 0.6 is 15.9 Å². The van der Waals surface area contributed by atoms with Gasteiger partial charge in [-0.1, -0.05) is 42.5 Å². The van der Waals surface area contributed by atoms with Gasteiger partial charge in [0.05, 0.1) is 5.56 Å². The van der Waals surface area contributed by atoms with E-state index in [-0.39, 0.29) is 6.04 Å². The summed E-state index contributed by atoms with van der Waals surface area (Å²) in [5.74, 6) is 0.719. The Labute approximate surface area is 114 Å². The second kappa shape index (κ2) is 4.94. The fourth-order valence-corrected chi connectivity index (χ4v) is 2.46. The molecule has 0 bridgehead atoms. The van der Waals surface area contributed by atoms with Crippen molar-refractivity contribution in [1.29, 1.82) is 0 Å². The lowest BCUT2D eigenvalue weighted by Gasteiger charge is -2.03. The highest BCUT2D eigenvalue weighted by Crippen LogP contribution is 2.27. The number of nitrogens with zero attached hydrogens (tertiary/aromatic N) is 1. The van der Waals surface area contributed by atoms with Crippen LogP contribution in [0.5, 0.6) is 0 Å². The van der Waals surface area contributed by atoms with Crippen molar-refractivity contribution in [2.75, 3.05) is 6.61 Å². The zero-order chi connectivity index (χ0) is 12.4. The molecule has 0 saturated heterocycles. The van der Waals surface area contributed by atoms with Crippen molar-refractivity contribution in [1.82, 2.24) is 0 Å². The van der Waals surface area contributed by atoms with Gasteiger partial charge in [-0.25, -0.2) is 4.99 Å². The lowest BCUT2D eigenvalue weighted by atomic mass is 10.1. The Kier molecular flexibility index (Phi) is 3.15. The molecule has 3 rings (SSSR count). The molecule has 1 heterocycles. The van der Waals surface area contributed by atoms with Crippen LogP contribution in [0.25, 0.3) is 0 Å². The van der Waals surface area contributed by atoms with Crippen LogP contribution in [0.15, 0.2) is 64.1 Å². The smallest absolute Gasteiger partial charge is 0.218 e. The molecule has 0 aromatic heterocycles. The predicted molar refractivity (Wildman–Crippen MR) is 75.8 cm³/mol. The fourth-order valence-electron chi connectivity index (χ4n) is 2.00. The highest BCUT2D eigenvalue weighted by Gasteiger charge is 2.22. The van der Waals surface area contributed by atoms with Gasteiger partial charge in [0, 0.05) is 4.47 Å². The average Bonchev–Trinajstić information content (AvgIpc) is 2.90. The summed E-state index contributed by atoms with van der Waals surface area (Å²) in [7, 11) is 0. The molecule has 90 valence electrons. The monoisotopic (exact) mass is 301 g/mol. The van der Waals surface area contributed by atoms with Gasteiger partial charge in [-0.2, -0.15) is 0 Å². The van der Waals surface area contributed by atoms with Gasteiger partial charge < -0.3 is 4.74 Å². The van der Waals surface area contributed by atoms with Gasteiger partial charge >= 0.3 is 0 Å². The van der Waals surface area contributed by atoms with Crippen molar-refractivity contribution in [2.24, 2.45) is 4.99 Å². The minimum Gasteiger partial charge on any atom is -0.475 e. The first kappa shape index (κ1) is 11.5. The van der Waals surface area contributed by atoms with Crippen LogP contribution in [0, 0.1) is 0 Å². The molecular formula is C15H12BrNO. The molecule has 2 aromatic rings. The van der Waals surface area contributed by atoms with Crippen molar-refractivity contribution >= 4 is 21.8 Å². The van der Waals surface area contributed by atoms with Gasteiger partial charge in [-0.3, -0.25) is 0 Å². The van der Waals surface area contributed by atoms with Crippen molar-refractivity contribution in [2.45, 2.75) is 6.04 Å². The van der Waals surface area contributed by atoms with Crippen molar-refractivity contribution in [3.05, 3.63) is 70.2 Å². The van der Waals surface area contributed by atoms with E-state index < -0.39 is 0 Å². The molecular weight excluding hydrogens is 290 g/mol. The molecule has 1 aliphatic heterocycles. The first-order valence-electron chi connectivity index (χ1n) is 5.85. The van der Waals surface area contributed by atoms with Crippen molar-refractivity contribution < 1.29 is 4.74 Å². The quantitative estimate of drug-likeness (QED) is 0.822. The second-order valence-electron chi connectivity index (χ2n) is 4.15. The van der Waals surface area contributed by atoms with Crippen LogP contribution in [-0.2, 0) is 4.74 Å². The topological polar surface area (TPSA) is 21.6 Å². The molecule has 0 N–H and O–H groups in total. The lowest BCUT2D eigenvalue weighted by molar-refractivity contribution is 0.319. The molecule has 0 amide bonds. The second-order valence-corrected chi connectivity index (χ2v) is 5.01. The molecule has 0 unspecified atom stereocenters. The van der Waals surface area contributed by atoms with E-state index in [0.29, 0.717) is 6.61 Å². The summed E-state index contributed by atoms with van der Waals surface area (Å²) in [6.07, 6.45) is 0. The van der Waals surface area contributed by atoms with E-state index in [1.165, 1.54) is 5.56 Å². The maximum absolute atomic E-state index is 5.71. The van der Waals surface area contributed by atoms with Crippen molar-refractivity contribution in [3.63, 3.8) is 0 Å². The number of halogens is 1. The normalized spacial score (nSPS) is 18.3. The SMILES string of the molecule is Brc1ccccc1C1=N[C@@H](c2ccccc2)CO1. The molecule has 1 aliphatic rings. The van der Waals surface area contributed by atoms with Crippen LogP contribution in [0.2, 0.25) is 0 Å². The third-order valence-electron chi connectivity index (χ3n) is 2.94. The molecule has 0 radical (unpaired) electrons. The molecule has 0 fully saturated rings. The Morgan fingerprint density at radius 2 is 1.72 bits per heavy atom. The molecule has 0 aliphatic carbocycles. The third-order valence-corrected chi connectivity index (χ3v) is 3.63. The van der Waals surface area contributed by atoms with Crippen LogP contribution < -0.4 is 0 Å². The van der Waals surface area contributed by atoms with E-state index in [0.717, 1.165) is 15.9 Å². The van der Waals surface area contributed by atoms with Gasteiger partial charge in [-0.15, -0.1) is 0 Å². The fraction of sp³-hybridized carbons (Fsp3) is 0.133. The Morgan fingerprint density at radius 1 is 1.00 bits per heavy atom. The zero-order valence-corrected chi connectivity index (χ0v) is 11.3. The maximum Gasteiger partial charge on any atom is 0.218 e. The van der Waals surface area contributed by atoms with Crippen LogP contribution in [0.3, 0.4) is 0 Å². The average molecular weight is 302 g/mol. The summed E-state index contributed by atoms with van der Waals surface area (Å²) in [5, 5.41) is 0. The molecule has 2 aromatic carbocycles. The van der Waals surface area contributed by atoms with Gasteiger partial charge in [0.25, 0.3) is 0 Å². The third kappa shape index (κ3) is 2.18. The number of ether oxygens (including phenoxy) is 1. The maximum atomic E-state index is 5.71. The van der Waals surface area contributed by atoms with E-state index in [2.05, 4.69) is 33.1 Å².